The second kappa shape index (κ2) is 30.6. The predicted octanol–water partition coefficient (Wildman–Crippen LogP) is 0.536. The normalized spacial score (nSPS) is 16.2. The van der Waals surface area contributed by atoms with Crippen LogP contribution in [0.1, 0.15) is 92.4 Å². The molecule has 0 rings (SSSR count). The Labute approximate surface area is 242 Å². The fourth-order valence-electron chi connectivity index (χ4n) is 3.87. The summed E-state index contributed by atoms with van der Waals surface area (Å²) in [5, 5.41) is 17.5. The van der Waals surface area contributed by atoms with Gasteiger partial charge in [-0.3, -0.25) is 0 Å². The van der Waals surface area contributed by atoms with Crippen LogP contribution in [0.15, 0.2) is 0 Å². The average molecular weight is 561 g/mol. The van der Waals surface area contributed by atoms with Crippen molar-refractivity contribution in [3.63, 3.8) is 0 Å². The van der Waals surface area contributed by atoms with Gasteiger partial charge >= 0.3 is 0 Å². The molecule has 6 atom stereocenters. The molecule has 0 aromatic rings. The molecule has 0 saturated carbocycles. The Morgan fingerprint density at radius 3 is 1.38 bits per heavy atom. The molecule has 39 heavy (non-hydrogen) atoms. The summed E-state index contributed by atoms with van der Waals surface area (Å²) in [5.41, 5.74) is 28.4. The molecule has 0 aliphatic heterocycles. The average Bonchev–Trinajstić information content (AvgIpc) is 2.85. The Morgan fingerprint density at radius 2 is 0.897 bits per heavy atom. The maximum Gasteiger partial charge on any atom is 0.0192 e. The van der Waals surface area contributed by atoms with Gasteiger partial charge in [-0.2, -0.15) is 0 Å². The van der Waals surface area contributed by atoms with Gasteiger partial charge in [-0.25, -0.2) is 0 Å². The fraction of sp³-hybridized carbons (Fsp3) is 1.00. The molecule has 0 aromatic heterocycles. The van der Waals surface area contributed by atoms with E-state index < -0.39 is 0 Å². The molecule has 0 aliphatic carbocycles. The summed E-state index contributed by atoms with van der Waals surface area (Å²) >= 11 is 0. The molecule has 0 aliphatic rings. The zero-order valence-corrected chi connectivity index (χ0v) is 26.6. The molecular weight excluding hydrogens is 488 g/mol. The zero-order valence-electron chi connectivity index (χ0n) is 26.6. The summed E-state index contributed by atoms with van der Waals surface area (Å²) in [6.07, 6.45) is 9.97. The van der Waals surface area contributed by atoms with E-state index in [1.807, 2.05) is 13.8 Å². The van der Waals surface area contributed by atoms with Crippen LogP contribution in [0.4, 0.5) is 0 Å². The first-order chi connectivity index (χ1) is 18.6. The predicted molar refractivity (Wildman–Crippen MR) is 173 cm³/mol. The molecule has 0 saturated heterocycles. The van der Waals surface area contributed by atoms with Crippen molar-refractivity contribution >= 4 is 0 Å². The monoisotopic (exact) mass is 561 g/mol. The third-order valence-electron chi connectivity index (χ3n) is 6.52. The van der Waals surface area contributed by atoms with Crippen LogP contribution in [0.5, 0.6) is 0 Å². The van der Waals surface area contributed by atoms with Gasteiger partial charge in [-0.1, -0.05) is 0 Å². The van der Waals surface area contributed by atoms with Crippen molar-refractivity contribution in [1.82, 2.24) is 26.6 Å². The molecule has 15 N–H and O–H groups in total. The largest absolute Gasteiger partial charge is 0.330 e. The topological polar surface area (TPSA) is 190 Å². The third kappa shape index (κ3) is 37.6. The number of hydrogen-bond acceptors (Lipinski definition) is 10. The second-order valence-electron chi connectivity index (χ2n) is 11.7. The van der Waals surface area contributed by atoms with Gasteiger partial charge in [0, 0.05) is 42.8 Å². The van der Waals surface area contributed by atoms with Crippen molar-refractivity contribution in [2.45, 2.75) is 129 Å². The van der Waals surface area contributed by atoms with E-state index in [4.69, 9.17) is 28.7 Å². The van der Waals surface area contributed by atoms with E-state index in [9.17, 15) is 0 Å². The molecule has 0 aromatic carbocycles. The van der Waals surface area contributed by atoms with E-state index in [-0.39, 0.29) is 12.1 Å². The summed E-state index contributed by atoms with van der Waals surface area (Å²) in [4.78, 5) is 0. The smallest absolute Gasteiger partial charge is 0.0192 e. The first kappa shape index (κ1) is 40.7. The van der Waals surface area contributed by atoms with Crippen LogP contribution in [-0.2, 0) is 0 Å². The molecular formula is C29H72N10. The first-order valence-corrected chi connectivity index (χ1v) is 15.9. The van der Waals surface area contributed by atoms with Crippen molar-refractivity contribution in [2.24, 2.45) is 28.7 Å². The molecule has 0 fully saturated rings. The first-order valence-electron chi connectivity index (χ1n) is 15.9. The quantitative estimate of drug-likeness (QED) is 0.0634. The van der Waals surface area contributed by atoms with E-state index in [0.29, 0.717) is 24.2 Å². The lowest BCUT2D eigenvalue weighted by atomic mass is 10.1. The molecule has 10 nitrogen and oxygen atoms in total. The lowest BCUT2D eigenvalue weighted by molar-refractivity contribution is 0.421. The van der Waals surface area contributed by atoms with Gasteiger partial charge in [-0.15, -0.1) is 0 Å². The molecule has 0 heterocycles. The summed E-state index contributed by atoms with van der Waals surface area (Å²) in [7, 11) is 0. The van der Waals surface area contributed by atoms with Crippen molar-refractivity contribution in [3.05, 3.63) is 0 Å². The summed E-state index contributed by atoms with van der Waals surface area (Å²) in [6, 6.07) is 2.25. The summed E-state index contributed by atoms with van der Waals surface area (Å²) < 4.78 is 0. The van der Waals surface area contributed by atoms with E-state index in [1.54, 1.807) is 0 Å². The van der Waals surface area contributed by atoms with E-state index >= 15 is 0 Å². The van der Waals surface area contributed by atoms with Gasteiger partial charge in [0.1, 0.15) is 0 Å². The van der Waals surface area contributed by atoms with Crippen molar-refractivity contribution in [1.29, 1.82) is 0 Å². The fourth-order valence-corrected chi connectivity index (χ4v) is 3.87. The van der Waals surface area contributed by atoms with Crippen LogP contribution in [0.25, 0.3) is 0 Å². The highest BCUT2D eigenvalue weighted by Crippen LogP contribution is 1.98. The van der Waals surface area contributed by atoms with Gasteiger partial charge in [0.05, 0.1) is 0 Å². The van der Waals surface area contributed by atoms with Gasteiger partial charge in [0.15, 0.2) is 0 Å². The zero-order chi connectivity index (χ0) is 29.7. The summed E-state index contributed by atoms with van der Waals surface area (Å²) in [5.74, 6) is 0. The van der Waals surface area contributed by atoms with Crippen LogP contribution in [-0.4, -0.2) is 95.2 Å². The SMILES string of the molecule is CC(N)CCNCCCC(C)NCCC(C)N.CC(N)CCNCCCC(CNCCCN)NCCC(C)N. The van der Waals surface area contributed by atoms with Gasteiger partial charge in [-0.05, 0) is 145 Å². The van der Waals surface area contributed by atoms with Gasteiger partial charge in [0.25, 0.3) is 0 Å². The Morgan fingerprint density at radius 1 is 0.462 bits per heavy atom. The molecule has 0 radical (unpaired) electrons. The van der Waals surface area contributed by atoms with Crippen LogP contribution in [0, 0.1) is 0 Å². The Bertz CT molecular complexity index is 463. The van der Waals surface area contributed by atoms with Crippen molar-refractivity contribution in [2.75, 3.05) is 58.9 Å². The number of nitrogens with two attached hydrogens (primary N) is 5. The minimum absolute atomic E-state index is 0.262. The van der Waals surface area contributed by atoms with E-state index in [1.165, 1.54) is 25.7 Å². The molecule has 10 heteroatoms. The van der Waals surface area contributed by atoms with E-state index in [0.717, 1.165) is 91.0 Å². The summed E-state index contributed by atoms with van der Waals surface area (Å²) in [6.45, 7) is 19.4. The van der Waals surface area contributed by atoms with E-state index in [2.05, 4.69) is 47.4 Å². The lowest BCUT2D eigenvalue weighted by Gasteiger charge is -2.20. The Kier molecular flexibility index (Phi) is 31.9. The standard InChI is InChI=1S/C16H40N6.C13H32N4/c1-14(18)6-11-20-9-3-5-16(13-21-10-4-8-17)22-12-7-15(2)19;1-11(14)6-9-16-8-4-5-13(3)17-10-7-12(2)15/h14-16,20-22H,3-13,17-19H2,1-2H3;11-13,16-17H,4-10,14-15H2,1-3H3. The minimum atomic E-state index is 0.262. The number of rotatable bonds is 27. The second-order valence-corrected chi connectivity index (χ2v) is 11.7. The molecule has 0 amide bonds. The van der Waals surface area contributed by atoms with Gasteiger partial charge in [0.2, 0.25) is 0 Å². The Balaban J connectivity index is 0. The maximum absolute atomic E-state index is 5.81. The number of nitrogens with one attached hydrogen (secondary N) is 5. The highest BCUT2D eigenvalue weighted by atomic mass is 15.0. The lowest BCUT2D eigenvalue weighted by Crippen LogP contribution is -2.41. The van der Waals surface area contributed by atoms with Crippen LogP contribution in [0.3, 0.4) is 0 Å². The van der Waals surface area contributed by atoms with Crippen LogP contribution < -0.4 is 55.3 Å². The maximum atomic E-state index is 5.81. The van der Waals surface area contributed by atoms with Gasteiger partial charge < -0.3 is 55.3 Å². The van der Waals surface area contributed by atoms with Crippen LogP contribution in [0.2, 0.25) is 0 Å². The molecule has 6 unspecified atom stereocenters. The van der Waals surface area contributed by atoms with Crippen molar-refractivity contribution < 1.29 is 0 Å². The molecule has 0 bridgehead atoms. The minimum Gasteiger partial charge on any atom is -0.330 e. The molecule has 238 valence electrons. The highest BCUT2D eigenvalue weighted by molar-refractivity contribution is 4.72. The van der Waals surface area contributed by atoms with Crippen molar-refractivity contribution in [3.8, 4) is 0 Å². The molecule has 0 spiro atoms. The highest BCUT2D eigenvalue weighted by Gasteiger charge is 2.08. The number of hydrogen-bond donors (Lipinski definition) is 10. The van der Waals surface area contributed by atoms with Crippen LogP contribution >= 0.6 is 0 Å². The third-order valence-corrected chi connectivity index (χ3v) is 6.52. The Hall–Kier alpha value is -0.400.